The summed E-state index contributed by atoms with van der Waals surface area (Å²) in [5.41, 5.74) is 3.13. The number of thiazole rings is 1. The molecule has 1 heterocycles. The summed E-state index contributed by atoms with van der Waals surface area (Å²) >= 11 is 1.59. The summed E-state index contributed by atoms with van der Waals surface area (Å²) in [6.07, 6.45) is 0.455. The molecule has 0 bridgehead atoms. The predicted octanol–water partition coefficient (Wildman–Crippen LogP) is 5.57. The molecule has 0 unspecified atom stereocenters. The van der Waals surface area contributed by atoms with Crippen LogP contribution in [0.3, 0.4) is 0 Å². The molecule has 0 saturated heterocycles. The van der Waals surface area contributed by atoms with Crippen LogP contribution in [0.15, 0.2) is 72.8 Å². The normalized spacial score (nSPS) is 10.7. The number of ketones is 1. The highest BCUT2D eigenvalue weighted by Gasteiger charge is 2.13. The number of anilines is 1. The monoisotopic (exact) mass is 416 g/mol. The Bertz CT molecular complexity index is 1170. The number of Topliss-reactive ketones (excluding diaryl/α,β-unsaturated/α-hetero) is 1. The van der Waals surface area contributed by atoms with Crippen LogP contribution in [0.1, 0.15) is 23.7 Å². The number of amides is 1. The molecule has 4 rings (SSSR count). The zero-order chi connectivity index (χ0) is 20.9. The molecule has 0 fully saturated rings. The molecule has 0 spiro atoms. The second-order valence-corrected chi connectivity index (χ2v) is 7.70. The molecule has 3 aromatic carbocycles. The predicted molar refractivity (Wildman–Crippen MR) is 120 cm³/mol. The van der Waals surface area contributed by atoms with Crippen molar-refractivity contribution in [1.82, 2.24) is 4.98 Å². The summed E-state index contributed by atoms with van der Waals surface area (Å²) in [7, 11) is 0. The van der Waals surface area contributed by atoms with Gasteiger partial charge in [-0.15, -0.1) is 11.3 Å². The van der Waals surface area contributed by atoms with Crippen molar-refractivity contribution >= 4 is 38.9 Å². The summed E-state index contributed by atoms with van der Waals surface area (Å²) in [6, 6.07) is 22.4. The number of nitrogens with zero attached hydrogens (tertiary/aromatic N) is 1. The maximum Gasteiger partial charge on any atom is 0.262 e. The molecule has 1 amide bonds. The molecular weight excluding hydrogens is 396 g/mol. The molecule has 0 saturated carbocycles. The first-order valence-corrected chi connectivity index (χ1v) is 10.5. The minimum atomic E-state index is -0.266. The molecule has 0 aliphatic heterocycles. The number of aromatic nitrogens is 1. The molecule has 1 aromatic heterocycles. The number of nitrogens with one attached hydrogen (secondary N) is 1. The molecule has 0 radical (unpaired) electrons. The van der Waals surface area contributed by atoms with Crippen LogP contribution in [0.4, 0.5) is 5.69 Å². The largest absolute Gasteiger partial charge is 0.484 e. The highest BCUT2D eigenvalue weighted by Crippen LogP contribution is 2.34. The number of carbonyl (C=O) groups is 2. The van der Waals surface area contributed by atoms with Crippen molar-refractivity contribution < 1.29 is 14.3 Å². The van der Waals surface area contributed by atoms with Gasteiger partial charge in [-0.2, -0.15) is 0 Å². The second-order valence-electron chi connectivity index (χ2n) is 6.67. The van der Waals surface area contributed by atoms with Crippen molar-refractivity contribution in [2.45, 2.75) is 13.3 Å². The van der Waals surface area contributed by atoms with E-state index in [1.165, 1.54) is 0 Å². The third-order valence-electron chi connectivity index (χ3n) is 4.59. The Balaban J connectivity index is 1.44. The summed E-state index contributed by atoms with van der Waals surface area (Å²) in [6.45, 7) is 1.69. The Morgan fingerprint density at radius 2 is 1.70 bits per heavy atom. The van der Waals surface area contributed by atoms with Gasteiger partial charge in [0.15, 0.2) is 12.4 Å². The minimum absolute atomic E-state index is 0.0748. The van der Waals surface area contributed by atoms with Gasteiger partial charge in [-0.1, -0.05) is 31.2 Å². The molecule has 30 heavy (non-hydrogen) atoms. The lowest BCUT2D eigenvalue weighted by Gasteiger charge is -2.10. The van der Waals surface area contributed by atoms with Crippen LogP contribution in [-0.4, -0.2) is 23.3 Å². The van der Waals surface area contributed by atoms with E-state index in [-0.39, 0.29) is 18.3 Å². The smallest absolute Gasteiger partial charge is 0.262 e. The van der Waals surface area contributed by atoms with E-state index < -0.39 is 0 Å². The number of ether oxygens (including phenoxy) is 1. The Kier molecular flexibility index (Phi) is 5.86. The number of hydrogen-bond donors (Lipinski definition) is 1. The van der Waals surface area contributed by atoms with E-state index in [0.717, 1.165) is 20.8 Å². The maximum absolute atomic E-state index is 12.5. The number of fused-ring (bicyclic) bond motifs is 1. The zero-order valence-electron chi connectivity index (χ0n) is 16.4. The topological polar surface area (TPSA) is 68.3 Å². The Hall–Kier alpha value is -3.51. The SMILES string of the molecule is CCC(=O)c1ccc(OCC(=O)Nc2ccccc2-c2nc3ccccc3s2)cc1. The lowest BCUT2D eigenvalue weighted by Crippen LogP contribution is -2.20. The van der Waals surface area contributed by atoms with Gasteiger partial charge in [0, 0.05) is 17.5 Å². The third kappa shape index (κ3) is 4.39. The van der Waals surface area contributed by atoms with Crippen LogP contribution in [-0.2, 0) is 4.79 Å². The molecule has 1 N–H and O–H groups in total. The van der Waals surface area contributed by atoms with E-state index in [0.29, 0.717) is 23.4 Å². The molecule has 0 aliphatic carbocycles. The van der Waals surface area contributed by atoms with Gasteiger partial charge in [0.25, 0.3) is 5.91 Å². The van der Waals surface area contributed by atoms with Gasteiger partial charge in [0.2, 0.25) is 0 Å². The fourth-order valence-corrected chi connectivity index (χ4v) is 4.05. The maximum atomic E-state index is 12.5. The highest BCUT2D eigenvalue weighted by atomic mass is 32.1. The molecular formula is C24H20N2O3S. The van der Waals surface area contributed by atoms with Crippen LogP contribution in [0.2, 0.25) is 0 Å². The molecule has 5 nitrogen and oxygen atoms in total. The van der Waals surface area contributed by atoms with E-state index >= 15 is 0 Å². The van der Waals surface area contributed by atoms with Gasteiger partial charge < -0.3 is 10.1 Å². The van der Waals surface area contributed by atoms with E-state index in [1.807, 2.05) is 55.5 Å². The first-order valence-electron chi connectivity index (χ1n) is 9.65. The Labute approximate surface area is 178 Å². The van der Waals surface area contributed by atoms with Crippen molar-refractivity contribution in [2.75, 3.05) is 11.9 Å². The van der Waals surface area contributed by atoms with Crippen molar-refractivity contribution in [3.63, 3.8) is 0 Å². The summed E-state index contributed by atoms with van der Waals surface area (Å²) < 4.78 is 6.66. The lowest BCUT2D eigenvalue weighted by molar-refractivity contribution is -0.118. The van der Waals surface area contributed by atoms with Gasteiger partial charge in [0.1, 0.15) is 10.8 Å². The van der Waals surface area contributed by atoms with Gasteiger partial charge in [0.05, 0.1) is 15.9 Å². The first kappa shape index (κ1) is 19.8. The zero-order valence-corrected chi connectivity index (χ0v) is 17.2. The average molecular weight is 417 g/mol. The molecule has 4 aromatic rings. The van der Waals surface area contributed by atoms with E-state index in [9.17, 15) is 9.59 Å². The van der Waals surface area contributed by atoms with E-state index in [1.54, 1.807) is 35.6 Å². The number of benzene rings is 3. The third-order valence-corrected chi connectivity index (χ3v) is 5.66. The van der Waals surface area contributed by atoms with Gasteiger partial charge in [-0.3, -0.25) is 9.59 Å². The van der Waals surface area contributed by atoms with Crippen LogP contribution in [0.25, 0.3) is 20.8 Å². The van der Waals surface area contributed by atoms with Crippen LogP contribution in [0, 0.1) is 0 Å². The van der Waals surface area contributed by atoms with Gasteiger partial charge in [-0.25, -0.2) is 4.98 Å². The van der Waals surface area contributed by atoms with Crippen molar-refractivity contribution in [1.29, 1.82) is 0 Å². The van der Waals surface area contributed by atoms with Crippen molar-refractivity contribution in [2.24, 2.45) is 0 Å². The van der Waals surface area contributed by atoms with Crippen molar-refractivity contribution in [3.05, 3.63) is 78.4 Å². The average Bonchev–Trinajstić information content (AvgIpc) is 3.22. The standard InChI is InChI=1S/C24H20N2O3S/c1-2-21(27)16-11-13-17(14-12-16)29-15-23(28)25-19-8-4-3-7-18(19)24-26-20-9-5-6-10-22(20)30-24/h3-14H,2,15H2,1H3,(H,25,28). The molecule has 0 atom stereocenters. The number of rotatable bonds is 7. The fraction of sp³-hybridized carbons (Fsp3) is 0.125. The van der Waals surface area contributed by atoms with Crippen LogP contribution in [0.5, 0.6) is 5.75 Å². The van der Waals surface area contributed by atoms with Crippen molar-refractivity contribution in [3.8, 4) is 16.3 Å². The lowest BCUT2D eigenvalue weighted by atomic mass is 10.1. The van der Waals surface area contributed by atoms with Gasteiger partial charge >= 0.3 is 0 Å². The van der Waals surface area contributed by atoms with E-state index in [4.69, 9.17) is 4.74 Å². The van der Waals surface area contributed by atoms with Crippen LogP contribution < -0.4 is 10.1 Å². The number of para-hydroxylation sites is 2. The highest BCUT2D eigenvalue weighted by molar-refractivity contribution is 7.21. The fourth-order valence-electron chi connectivity index (χ4n) is 3.04. The molecule has 0 aliphatic rings. The summed E-state index contributed by atoms with van der Waals surface area (Å²) in [4.78, 5) is 28.8. The minimum Gasteiger partial charge on any atom is -0.484 e. The van der Waals surface area contributed by atoms with E-state index in [2.05, 4.69) is 10.3 Å². The first-order chi connectivity index (χ1) is 14.6. The summed E-state index contributed by atoms with van der Waals surface area (Å²) in [5, 5.41) is 3.76. The second kappa shape index (κ2) is 8.88. The quantitative estimate of drug-likeness (QED) is 0.400. The van der Waals surface area contributed by atoms with Crippen LogP contribution >= 0.6 is 11.3 Å². The van der Waals surface area contributed by atoms with Gasteiger partial charge in [-0.05, 0) is 48.5 Å². The molecule has 150 valence electrons. The Morgan fingerprint density at radius 1 is 0.967 bits per heavy atom. The molecule has 6 heteroatoms. The summed E-state index contributed by atoms with van der Waals surface area (Å²) in [5.74, 6) is 0.347. The number of hydrogen-bond acceptors (Lipinski definition) is 5. The Morgan fingerprint density at radius 3 is 2.47 bits per heavy atom. The number of carbonyl (C=O) groups excluding carboxylic acids is 2.